The lowest BCUT2D eigenvalue weighted by atomic mass is 10.1. The molecule has 0 saturated carbocycles. The predicted octanol–water partition coefficient (Wildman–Crippen LogP) is 2.36. The number of carbonyl (C=O) groups is 2. The Bertz CT molecular complexity index is 550. The first-order chi connectivity index (χ1) is 9.97. The average Bonchev–Trinajstić information content (AvgIpc) is 2.42. The molecule has 1 heterocycles. The standard InChI is InChI=1S/C14H17ClN2O4/c1-9-2-3-10(15)6-12(9)16-14(20)17-4-5-21-8-11(17)7-13(18)19/h2-3,6,11H,4-5,7-8H2,1H3,(H,16,20)(H,18,19). The number of ether oxygens (including phenoxy) is 1. The molecule has 1 aromatic carbocycles. The summed E-state index contributed by atoms with van der Waals surface area (Å²) in [5, 5.41) is 12.2. The van der Waals surface area contributed by atoms with Crippen LogP contribution in [0.2, 0.25) is 5.02 Å². The van der Waals surface area contributed by atoms with Crippen LogP contribution in [0.25, 0.3) is 0 Å². The number of hydrogen-bond acceptors (Lipinski definition) is 3. The highest BCUT2D eigenvalue weighted by Crippen LogP contribution is 2.21. The van der Waals surface area contributed by atoms with Gasteiger partial charge in [0, 0.05) is 17.3 Å². The van der Waals surface area contributed by atoms with Crippen LogP contribution in [0.5, 0.6) is 0 Å². The van der Waals surface area contributed by atoms with E-state index in [-0.39, 0.29) is 19.1 Å². The van der Waals surface area contributed by atoms with Gasteiger partial charge >= 0.3 is 12.0 Å². The Balaban J connectivity index is 2.10. The monoisotopic (exact) mass is 312 g/mol. The Hall–Kier alpha value is -1.79. The largest absolute Gasteiger partial charge is 0.481 e. The number of hydrogen-bond donors (Lipinski definition) is 2. The molecule has 21 heavy (non-hydrogen) atoms. The van der Waals surface area contributed by atoms with E-state index in [1.807, 2.05) is 13.0 Å². The van der Waals surface area contributed by atoms with Crippen LogP contribution in [0.15, 0.2) is 18.2 Å². The summed E-state index contributed by atoms with van der Waals surface area (Å²) in [6.45, 7) is 2.86. The van der Waals surface area contributed by atoms with E-state index >= 15 is 0 Å². The van der Waals surface area contributed by atoms with E-state index < -0.39 is 12.0 Å². The number of urea groups is 1. The van der Waals surface area contributed by atoms with Gasteiger partial charge in [-0.05, 0) is 24.6 Å². The molecule has 0 spiro atoms. The number of halogens is 1. The molecule has 0 aliphatic carbocycles. The summed E-state index contributed by atoms with van der Waals surface area (Å²) in [5.74, 6) is -0.956. The highest BCUT2D eigenvalue weighted by molar-refractivity contribution is 6.31. The number of aliphatic carboxylic acids is 1. The third-order valence-corrected chi connectivity index (χ3v) is 3.57. The zero-order valence-corrected chi connectivity index (χ0v) is 12.4. The Labute approximate surface area is 127 Å². The lowest BCUT2D eigenvalue weighted by Gasteiger charge is -2.34. The zero-order chi connectivity index (χ0) is 15.4. The molecular weight excluding hydrogens is 296 g/mol. The van der Waals surface area contributed by atoms with Crippen molar-refractivity contribution in [3.05, 3.63) is 28.8 Å². The topological polar surface area (TPSA) is 78.9 Å². The van der Waals surface area contributed by atoms with Crippen LogP contribution in [-0.4, -0.2) is 47.8 Å². The number of anilines is 1. The quantitative estimate of drug-likeness (QED) is 0.898. The summed E-state index contributed by atoms with van der Waals surface area (Å²) in [7, 11) is 0. The zero-order valence-electron chi connectivity index (χ0n) is 11.6. The van der Waals surface area contributed by atoms with Crippen molar-refractivity contribution in [1.82, 2.24) is 4.90 Å². The minimum absolute atomic E-state index is 0.137. The van der Waals surface area contributed by atoms with Gasteiger partial charge in [0.2, 0.25) is 0 Å². The van der Waals surface area contributed by atoms with E-state index in [2.05, 4.69) is 5.32 Å². The van der Waals surface area contributed by atoms with Gasteiger partial charge in [-0.15, -0.1) is 0 Å². The molecule has 7 heteroatoms. The van der Waals surface area contributed by atoms with Crippen molar-refractivity contribution < 1.29 is 19.4 Å². The molecular formula is C14H17ClN2O4. The van der Waals surface area contributed by atoms with Crippen LogP contribution < -0.4 is 5.32 Å². The molecule has 0 radical (unpaired) electrons. The van der Waals surface area contributed by atoms with Crippen molar-refractivity contribution in [2.75, 3.05) is 25.1 Å². The average molecular weight is 313 g/mol. The molecule has 2 rings (SSSR count). The van der Waals surface area contributed by atoms with Gasteiger partial charge < -0.3 is 20.1 Å². The number of aryl methyl sites for hydroxylation is 1. The van der Waals surface area contributed by atoms with E-state index in [1.54, 1.807) is 12.1 Å². The maximum Gasteiger partial charge on any atom is 0.322 e. The van der Waals surface area contributed by atoms with Gasteiger partial charge in [-0.25, -0.2) is 4.79 Å². The van der Waals surface area contributed by atoms with Crippen molar-refractivity contribution >= 4 is 29.3 Å². The summed E-state index contributed by atoms with van der Waals surface area (Å²) in [6.07, 6.45) is -0.137. The van der Waals surface area contributed by atoms with Crippen molar-refractivity contribution in [1.29, 1.82) is 0 Å². The molecule has 1 aliphatic rings. The van der Waals surface area contributed by atoms with Crippen LogP contribution in [0.1, 0.15) is 12.0 Å². The molecule has 6 nitrogen and oxygen atoms in total. The number of benzene rings is 1. The van der Waals surface area contributed by atoms with Crippen molar-refractivity contribution in [3.8, 4) is 0 Å². The molecule has 2 N–H and O–H groups in total. The van der Waals surface area contributed by atoms with Crippen molar-refractivity contribution in [3.63, 3.8) is 0 Å². The number of amides is 2. The van der Waals surface area contributed by atoms with E-state index in [0.717, 1.165) is 5.56 Å². The number of morpholine rings is 1. The predicted molar refractivity (Wildman–Crippen MR) is 78.8 cm³/mol. The fraction of sp³-hybridized carbons (Fsp3) is 0.429. The van der Waals surface area contributed by atoms with Gasteiger partial charge in [0.05, 0.1) is 25.7 Å². The van der Waals surface area contributed by atoms with Crippen LogP contribution in [-0.2, 0) is 9.53 Å². The van der Waals surface area contributed by atoms with E-state index in [0.29, 0.717) is 23.9 Å². The summed E-state index contributed by atoms with van der Waals surface area (Å²) >= 11 is 5.92. The van der Waals surface area contributed by atoms with Gasteiger partial charge in [0.15, 0.2) is 0 Å². The molecule has 0 bridgehead atoms. The number of carboxylic acid groups (broad SMARTS) is 1. The van der Waals surface area contributed by atoms with Crippen LogP contribution in [0, 0.1) is 6.92 Å². The first kappa shape index (κ1) is 15.6. The van der Waals surface area contributed by atoms with Crippen LogP contribution in [0.3, 0.4) is 0 Å². The highest BCUT2D eigenvalue weighted by atomic mass is 35.5. The Kier molecular flexibility index (Phi) is 5.03. The summed E-state index contributed by atoms with van der Waals surface area (Å²) in [5.41, 5.74) is 1.50. The molecule has 2 amide bonds. The maximum absolute atomic E-state index is 12.3. The van der Waals surface area contributed by atoms with Gasteiger partial charge in [-0.3, -0.25) is 4.79 Å². The first-order valence-corrected chi connectivity index (χ1v) is 6.98. The van der Waals surface area contributed by atoms with Crippen molar-refractivity contribution in [2.24, 2.45) is 0 Å². The molecule has 1 saturated heterocycles. The minimum Gasteiger partial charge on any atom is -0.481 e. The van der Waals surface area contributed by atoms with Crippen LogP contribution in [0.4, 0.5) is 10.5 Å². The number of nitrogens with one attached hydrogen (secondary N) is 1. The Morgan fingerprint density at radius 1 is 1.52 bits per heavy atom. The molecule has 1 aliphatic heterocycles. The minimum atomic E-state index is -0.956. The third-order valence-electron chi connectivity index (χ3n) is 3.34. The van der Waals surface area contributed by atoms with E-state index in [1.165, 1.54) is 4.90 Å². The van der Waals surface area contributed by atoms with E-state index in [9.17, 15) is 9.59 Å². The van der Waals surface area contributed by atoms with Crippen molar-refractivity contribution in [2.45, 2.75) is 19.4 Å². The highest BCUT2D eigenvalue weighted by Gasteiger charge is 2.29. The van der Waals surface area contributed by atoms with Gasteiger partial charge in [-0.1, -0.05) is 17.7 Å². The molecule has 0 aromatic heterocycles. The van der Waals surface area contributed by atoms with Gasteiger partial charge in [0.1, 0.15) is 0 Å². The number of rotatable bonds is 3. The molecule has 1 unspecified atom stereocenters. The summed E-state index contributed by atoms with van der Waals surface area (Å²) in [4.78, 5) is 24.7. The number of nitrogens with zero attached hydrogens (tertiary/aromatic N) is 1. The second kappa shape index (κ2) is 6.78. The molecule has 1 fully saturated rings. The molecule has 1 atom stereocenters. The van der Waals surface area contributed by atoms with Gasteiger partial charge in [0.25, 0.3) is 0 Å². The normalized spacial score (nSPS) is 18.4. The fourth-order valence-corrected chi connectivity index (χ4v) is 2.38. The van der Waals surface area contributed by atoms with E-state index in [4.69, 9.17) is 21.4 Å². The fourth-order valence-electron chi connectivity index (χ4n) is 2.21. The number of carbonyl (C=O) groups excluding carboxylic acids is 1. The SMILES string of the molecule is Cc1ccc(Cl)cc1NC(=O)N1CCOCC1CC(=O)O. The smallest absolute Gasteiger partial charge is 0.322 e. The summed E-state index contributed by atoms with van der Waals surface area (Å²) in [6, 6.07) is 4.42. The first-order valence-electron chi connectivity index (χ1n) is 6.60. The maximum atomic E-state index is 12.3. The second-order valence-electron chi connectivity index (χ2n) is 4.91. The Morgan fingerprint density at radius 3 is 3.00 bits per heavy atom. The van der Waals surface area contributed by atoms with Gasteiger partial charge in [-0.2, -0.15) is 0 Å². The Morgan fingerprint density at radius 2 is 2.29 bits per heavy atom. The number of carboxylic acids is 1. The molecule has 114 valence electrons. The van der Waals surface area contributed by atoms with Crippen LogP contribution >= 0.6 is 11.6 Å². The lowest BCUT2D eigenvalue weighted by molar-refractivity contribution is -0.139. The molecule has 1 aromatic rings. The third kappa shape index (κ3) is 4.09. The second-order valence-corrected chi connectivity index (χ2v) is 5.35. The lowest BCUT2D eigenvalue weighted by Crippen LogP contribution is -2.51. The summed E-state index contributed by atoms with van der Waals surface area (Å²) < 4.78 is 5.25.